The van der Waals surface area contributed by atoms with Crippen LogP contribution in [0.1, 0.15) is 10.3 Å². The van der Waals surface area contributed by atoms with Crippen LogP contribution >= 0.6 is 11.6 Å². The molecule has 4 nitrogen and oxygen atoms in total. The first-order valence-corrected chi connectivity index (χ1v) is 7.23. The summed E-state index contributed by atoms with van der Waals surface area (Å²) in [7, 11) is -4.17. The average molecular weight is 302 g/mol. The van der Waals surface area contributed by atoms with Crippen LogP contribution in [0.3, 0.4) is 0 Å². The highest BCUT2D eigenvalue weighted by atomic mass is 35.5. The number of hydrogen-bond acceptors (Lipinski definition) is 3. The van der Waals surface area contributed by atoms with Crippen molar-refractivity contribution in [2.75, 3.05) is 0 Å². The summed E-state index contributed by atoms with van der Waals surface area (Å²) in [4.78, 5) is 0. The van der Waals surface area contributed by atoms with Crippen molar-refractivity contribution in [3.63, 3.8) is 0 Å². The van der Waals surface area contributed by atoms with E-state index in [4.69, 9.17) is 11.6 Å². The van der Waals surface area contributed by atoms with Gasteiger partial charge in [0.1, 0.15) is 5.82 Å². The lowest BCUT2D eigenvalue weighted by Crippen LogP contribution is -2.34. The lowest BCUT2D eigenvalue weighted by atomic mass is 10.2. The van der Waals surface area contributed by atoms with Crippen molar-refractivity contribution in [2.45, 2.75) is 9.74 Å². The predicted molar refractivity (Wildman–Crippen MR) is 67.6 cm³/mol. The van der Waals surface area contributed by atoms with E-state index in [1.807, 2.05) is 0 Å². The van der Waals surface area contributed by atoms with Gasteiger partial charge in [0, 0.05) is 17.7 Å². The molecule has 0 spiro atoms. The van der Waals surface area contributed by atoms with Crippen molar-refractivity contribution in [2.24, 2.45) is 0 Å². The molecule has 0 saturated carbocycles. The summed E-state index contributed by atoms with van der Waals surface area (Å²) in [6, 6.07) is 9.17. The summed E-state index contributed by atoms with van der Waals surface area (Å²) >= 11 is 5.83. The molecule has 100 valence electrons. The van der Waals surface area contributed by atoms with Gasteiger partial charge < -0.3 is 5.21 Å². The van der Waals surface area contributed by atoms with E-state index >= 15 is 0 Å². The number of sulfone groups is 1. The van der Waals surface area contributed by atoms with Crippen molar-refractivity contribution < 1.29 is 17.5 Å². The fourth-order valence-electron chi connectivity index (χ4n) is 1.57. The molecule has 7 heteroatoms. The lowest BCUT2D eigenvalue weighted by molar-refractivity contribution is -0.646. The minimum absolute atomic E-state index is 0.186. The van der Waals surface area contributed by atoms with Crippen molar-refractivity contribution in [3.8, 4) is 0 Å². The van der Waals surface area contributed by atoms with Gasteiger partial charge in [0.25, 0.3) is 9.84 Å². The summed E-state index contributed by atoms with van der Waals surface area (Å²) in [5, 5.41) is 11.0. The van der Waals surface area contributed by atoms with Gasteiger partial charge in [0.15, 0.2) is 10.9 Å². The topological polar surface area (TPSA) is 61.1 Å². The second-order valence-corrected chi connectivity index (χ2v) is 6.42. The molecule has 0 amide bonds. The first-order valence-electron chi connectivity index (χ1n) is 5.25. The van der Waals surface area contributed by atoms with E-state index in [-0.39, 0.29) is 10.3 Å². The zero-order chi connectivity index (χ0) is 14.0. The molecule has 1 aromatic heterocycles. The second kappa shape index (κ2) is 5.14. The smallest absolute Gasteiger partial charge is 0.310 e. The Morgan fingerprint density at radius 1 is 1.16 bits per heavy atom. The van der Waals surface area contributed by atoms with Gasteiger partial charge in [-0.2, -0.15) is 4.73 Å². The molecule has 1 atom stereocenters. The van der Waals surface area contributed by atoms with E-state index in [9.17, 15) is 18.0 Å². The van der Waals surface area contributed by atoms with Gasteiger partial charge in [0.05, 0.1) is 0 Å². The summed E-state index contributed by atoms with van der Waals surface area (Å²) in [5.74, 6) is -0.737. The lowest BCUT2D eigenvalue weighted by Gasteiger charge is -2.11. The summed E-state index contributed by atoms with van der Waals surface area (Å²) in [6.45, 7) is 0. The molecule has 2 rings (SSSR count). The monoisotopic (exact) mass is 301 g/mol. The van der Waals surface area contributed by atoms with Crippen LogP contribution in [0, 0.1) is 11.0 Å². The number of nitrogens with zero attached hydrogens (tertiary/aromatic N) is 1. The molecule has 0 N–H and O–H groups in total. The quantitative estimate of drug-likeness (QED) is 0.496. The SMILES string of the molecule is O=S(=O)(c1cccc[n+]1[O-])C(Cl)c1ccccc1F. The molecule has 0 aliphatic carbocycles. The summed E-state index contributed by atoms with van der Waals surface area (Å²) in [6.07, 6.45) is 1.04. The zero-order valence-corrected chi connectivity index (χ0v) is 11.1. The number of aromatic nitrogens is 1. The fourth-order valence-corrected chi connectivity index (χ4v) is 3.33. The highest BCUT2D eigenvalue weighted by molar-refractivity contribution is 7.92. The third-order valence-electron chi connectivity index (χ3n) is 2.50. The van der Waals surface area contributed by atoms with Crippen LogP contribution in [0.2, 0.25) is 0 Å². The molecule has 19 heavy (non-hydrogen) atoms. The average Bonchev–Trinajstić information content (AvgIpc) is 2.39. The number of rotatable bonds is 3. The Morgan fingerprint density at radius 2 is 1.79 bits per heavy atom. The molecule has 0 aliphatic rings. The second-order valence-electron chi connectivity index (χ2n) is 3.75. The van der Waals surface area contributed by atoms with Gasteiger partial charge in [0.2, 0.25) is 0 Å². The van der Waals surface area contributed by atoms with Gasteiger partial charge in [-0.05, 0) is 12.1 Å². The van der Waals surface area contributed by atoms with Crippen LogP contribution in [0.4, 0.5) is 4.39 Å². The standard InChI is InChI=1S/C12H9ClFNO3S/c13-12(9-5-1-2-6-10(9)14)19(17,18)11-7-3-4-8-15(11)16/h1-8,12H. The largest absolute Gasteiger partial charge is 0.618 e. The Balaban J connectivity index is 2.52. The van der Waals surface area contributed by atoms with E-state index in [0.717, 1.165) is 18.3 Å². The summed E-state index contributed by atoms with van der Waals surface area (Å²) in [5.41, 5.74) is -0.187. The molecule has 0 aliphatic heterocycles. The zero-order valence-electron chi connectivity index (χ0n) is 9.53. The van der Waals surface area contributed by atoms with Crippen LogP contribution in [0.5, 0.6) is 0 Å². The van der Waals surface area contributed by atoms with E-state index in [0.29, 0.717) is 0 Å². The fraction of sp³-hybridized carbons (Fsp3) is 0.0833. The predicted octanol–water partition coefficient (Wildman–Crippen LogP) is 2.17. The molecule has 0 radical (unpaired) electrons. The normalized spacial score (nSPS) is 13.2. The van der Waals surface area contributed by atoms with E-state index in [2.05, 4.69) is 0 Å². The molecular weight excluding hydrogens is 293 g/mol. The maximum Gasteiger partial charge on any atom is 0.310 e. The highest BCUT2D eigenvalue weighted by Gasteiger charge is 2.34. The minimum atomic E-state index is -4.17. The first-order chi connectivity index (χ1) is 8.94. The Morgan fingerprint density at radius 3 is 2.42 bits per heavy atom. The minimum Gasteiger partial charge on any atom is -0.618 e. The Kier molecular flexibility index (Phi) is 3.73. The number of alkyl halides is 1. The van der Waals surface area contributed by atoms with E-state index in [1.54, 1.807) is 0 Å². The Bertz CT molecular complexity index is 706. The van der Waals surface area contributed by atoms with Gasteiger partial charge in [-0.15, -0.1) is 0 Å². The van der Waals surface area contributed by atoms with Crippen molar-refractivity contribution in [1.29, 1.82) is 0 Å². The number of hydrogen-bond donors (Lipinski definition) is 0. The molecule has 0 bridgehead atoms. The molecule has 1 heterocycles. The Hall–Kier alpha value is -1.66. The van der Waals surface area contributed by atoms with E-state index < -0.39 is 25.4 Å². The van der Waals surface area contributed by atoms with Crippen LogP contribution in [0.25, 0.3) is 0 Å². The van der Waals surface area contributed by atoms with Crippen LogP contribution in [-0.4, -0.2) is 8.42 Å². The van der Waals surface area contributed by atoms with Crippen molar-refractivity contribution in [3.05, 3.63) is 65.2 Å². The van der Waals surface area contributed by atoms with Crippen LogP contribution < -0.4 is 4.73 Å². The Labute approximate surface area is 114 Å². The molecule has 1 unspecified atom stereocenters. The first kappa shape index (κ1) is 13.8. The molecule has 2 aromatic rings. The van der Waals surface area contributed by atoms with Gasteiger partial charge >= 0.3 is 5.03 Å². The maximum atomic E-state index is 13.6. The highest BCUT2D eigenvalue weighted by Crippen LogP contribution is 2.32. The third-order valence-corrected chi connectivity index (χ3v) is 5.14. The molecule has 0 fully saturated rings. The summed E-state index contributed by atoms with van der Waals surface area (Å²) < 4.78 is 36.5. The van der Waals surface area contributed by atoms with E-state index in [1.165, 1.54) is 30.3 Å². The van der Waals surface area contributed by atoms with Crippen molar-refractivity contribution in [1.82, 2.24) is 0 Å². The number of pyridine rings is 1. The van der Waals surface area contributed by atoms with Crippen molar-refractivity contribution >= 4 is 21.4 Å². The molecule has 1 aromatic carbocycles. The van der Waals surface area contributed by atoms with Crippen LogP contribution in [-0.2, 0) is 9.84 Å². The number of halogens is 2. The van der Waals surface area contributed by atoms with Crippen LogP contribution in [0.15, 0.2) is 53.7 Å². The number of benzene rings is 1. The molecule has 0 saturated heterocycles. The molecular formula is C12H9ClFNO3S. The maximum absolute atomic E-state index is 13.6. The van der Waals surface area contributed by atoms with Gasteiger partial charge in [-0.25, -0.2) is 12.8 Å². The van der Waals surface area contributed by atoms with Gasteiger partial charge in [-0.3, -0.25) is 0 Å². The third kappa shape index (κ3) is 2.54. The van der Waals surface area contributed by atoms with Gasteiger partial charge in [-0.1, -0.05) is 29.8 Å².